The number of pyridine rings is 1. The summed E-state index contributed by atoms with van der Waals surface area (Å²) in [7, 11) is 0. The summed E-state index contributed by atoms with van der Waals surface area (Å²) < 4.78 is 0. The molecule has 0 fully saturated rings. The summed E-state index contributed by atoms with van der Waals surface area (Å²) in [5.74, 6) is -0.918. The van der Waals surface area contributed by atoms with Gasteiger partial charge in [-0.2, -0.15) is 0 Å². The van der Waals surface area contributed by atoms with Crippen molar-refractivity contribution < 1.29 is 9.90 Å². The number of nitrogens with zero attached hydrogens (tertiary/aromatic N) is 1. The lowest BCUT2D eigenvalue weighted by molar-refractivity contribution is 0.0699. The Hall–Kier alpha value is -2.20. The Balaban J connectivity index is 2.41. The minimum Gasteiger partial charge on any atom is -0.478 e. The number of rotatable bonds is 2. The molecular formula is C16H13NO2S. The number of hydrogen-bond donors (Lipinski definition) is 1. The summed E-state index contributed by atoms with van der Waals surface area (Å²) in [6, 6.07) is 9.33. The summed E-state index contributed by atoms with van der Waals surface area (Å²) >= 11 is 1.56. The molecule has 0 amide bonds. The fraction of sp³-hybridized carbons (Fsp3) is 0.125. The fourth-order valence-corrected chi connectivity index (χ4v) is 2.94. The molecule has 0 radical (unpaired) electrons. The molecule has 0 spiro atoms. The SMILES string of the molecule is Cc1ccc2c(C(=O)O)cc(-c3cccs3)nc2c1C. The van der Waals surface area contributed by atoms with Crippen molar-refractivity contribution in [3.05, 3.63) is 52.4 Å². The molecule has 3 aromatic rings. The first-order valence-electron chi connectivity index (χ1n) is 6.26. The summed E-state index contributed by atoms with van der Waals surface area (Å²) in [4.78, 5) is 17.2. The van der Waals surface area contributed by atoms with E-state index in [1.165, 1.54) is 0 Å². The first-order chi connectivity index (χ1) is 9.58. The number of thiophene rings is 1. The third-order valence-corrected chi connectivity index (χ3v) is 4.40. The standard InChI is InChI=1S/C16H13NO2S/c1-9-5-6-11-12(16(18)19)8-13(14-4-3-7-20-14)17-15(11)10(9)2/h3-8H,1-2H3,(H,18,19). The summed E-state index contributed by atoms with van der Waals surface area (Å²) in [6.45, 7) is 3.99. The van der Waals surface area contributed by atoms with Crippen molar-refractivity contribution in [2.24, 2.45) is 0 Å². The molecule has 3 rings (SSSR count). The van der Waals surface area contributed by atoms with E-state index in [1.54, 1.807) is 17.4 Å². The summed E-state index contributed by atoms with van der Waals surface area (Å²) in [5, 5.41) is 12.1. The number of aromatic nitrogens is 1. The maximum absolute atomic E-state index is 11.5. The normalized spacial score (nSPS) is 10.9. The second kappa shape index (κ2) is 4.72. The van der Waals surface area contributed by atoms with Crippen LogP contribution in [0.15, 0.2) is 35.7 Å². The molecule has 4 heteroatoms. The van der Waals surface area contributed by atoms with Gasteiger partial charge in [0.2, 0.25) is 0 Å². The molecule has 0 atom stereocenters. The molecule has 1 N–H and O–H groups in total. The van der Waals surface area contributed by atoms with Crippen LogP contribution in [0.25, 0.3) is 21.5 Å². The second-order valence-electron chi connectivity index (χ2n) is 4.74. The molecule has 0 saturated heterocycles. The lowest BCUT2D eigenvalue weighted by Gasteiger charge is -2.09. The molecule has 20 heavy (non-hydrogen) atoms. The number of carbonyl (C=O) groups is 1. The highest BCUT2D eigenvalue weighted by Crippen LogP contribution is 2.30. The smallest absolute Gasteiger partial charge is 0.336 e. The lowest BCUT2D eigenvalue weighted by atomic mass is 10.0. The van der Waals surface area contributed by atoms with E-state index in [0.717, 1.165) is 27.2 Å². The van der Waals surface area contributed by atoms with Crippen molar-refractivity contribution in [3.8, 4) is 10.6 Å². The zero-order chi connectivity index (χ0) is 14.3. The van der Waals surface area contributed by atoms with Crippen LogP contribution in [-0.4, -0.2) is 16.1 Å². The van der Waals surface area contributed by atoms with Crippen molar-refractivity contribution in [2.75, 3.05) is 0 Å². The Morgan fingerprint density at radius 1 is 1.25 bits per heavy atom. The molecule has 2 heterocycles. The number of carboxylic acids is 1. The average molecular weight is 283 g/mol. The average Bonchev–Trinajstić information content (AvgIpc) is 2.96. The van der Waals surface area contributed by atoms with E-state index in [9.17, 15) is 9.90 Å². The van der Waals surface area contributed by atoms with Gasteiger partial charge in [-0.3, -0.25) is 0 Å². The predicted octanol–water partition coefficient (Wildman–Crippen LogP) is 4.28. The van der Waals surface area contributed by atoms with Gasteiger partial charge in [0.25, 0.3) is 0 Å². The van der Waals surface area contributed by atoms with Gasteiger partial charge in [0.15, 0.2) is 0 Å². The molecule has 0 aliphatic carbocycles. The highest BCUT2D eigenvalue weighted by atomic mass is 32.1. The van der Waals surface area contributed by atoms with Gasteiger partial charge in [0, 0.05) is 5.39 Å². The van der Waals surface area contributed by atoms with Crippen LogP contribution in [0.1, 0.15) is 21.5 Å². The van der Waals surface area contributed by atoms with Crippen LogP contribution in [0.4, 0.5) is 0 Å². The maximum Gasteiger partial charge on any atom is 0.336 e. The van der Waals surface area contributed by atoms with E-state index in [2.05, 4.69) is 4.98 Å². The van der Waals surface area contributed by atoms with Crippen molar-refractivity contribution >= 4 is 28.2 Å². The minimum atomic E-state index is -0.918. The predicted molar refractivity (Wildman–Crippen MR) is 81.5 cm³/mol. The Morgan fingerprint density at radius 2 is 2.05 bits per heavy atom. The number of benzene rings is 1. The Labute approximate surface area is 120 Å². The van der Waals surface area contributed by atoms with Crippen LogP contribution in [-0.2, 0) is 0 Å². The lowest BCUT2D eigenvalue weighted by Crippen LogP contribution is -2.01. The van der Waals surface area contributed by atoms with Gasteiger partial charge >= 0.3 is 5.97 Å². The topological polar surface area (TPSA) is 50.2 Å². The van der Waals surface area contributed by atoms with Crippen molar-refractivity contribution in [3.63, 3.8) is 0 Å². The van der Waals surface area contributed by atoms with E-state index >= 15 is 0 Å². The van der Waals surface area contributed by atoms with E-state index in [0.29, 0.717) is 10.9 Å². The molecular weight excluding hydrogens is 270 g/mol. The molecule has 0 bridgehead atoms. The zero-order valence-corrected chi connectivity index (χ0v) is 12.0. The van der Waals surface area contributed by atoms with E-state index in [4.69, 9.17) is 0 Å². The number of hydrogen-bond acceptors (Lipinski definition) is 3. The first kappa shape index (κ1) is 12.8. The van der Waals surface area contributed by atoms with Gasteiger partial charge < -0.3 is 5.11 Å². The van der Waals surface area contributed by atoms with E-state index < -0.39 is 5.97 Å². The largest absolute Gasteiger partial charge is 0.478 e. The minimum absolute atomic E-state index is 0.307. The van der Waals surface area contributed by atoms with Gasteiger partial charge in [-0.05, 0) is 42.5 Å². The first-order valence-corrected chi connectivity index (χ1v) is 7.14. The Morgan fingerprint density at radius 3 is 2.70 bits per heavy atom. The van der Waals surface area contributed by atoms with Gasteiger partial charge in [0.05, 0.1) is 21.7 Å². The van der Waals surface area contributed by atoms with Crippen molar-refractivity contribution in [1.82, 2.24) is 4.98 Å². The monoisotopic (exact) mass is 283 g/mol. The van der Waals surface area contributed by atoms with Gasteiger partial charge in [-0.25, -0.2) is 9.78 Å². The van der Waals surface area contributed by atoms with Gasteiger partial charge in [-0.15, -0.1) is 11.3 Å². The molecule has 100 valence electrons. The van der Waals surface area contributed by atoms with Crippen LogP contribution in [0.2, 0.25) is 0 Å². The van der Waals surface area contributed by atoms with E-state index in [-0.39, 0.29) is 0 Å². The number of aromatic carboxylic acids is 1. The number of fused-ring (bicyclic) bond motifs is 1. The van der Waals surface area contributed by atoms with Crippen LogP contribution < -0.4 is 0 Å². The van der Waals surface area contributed by atoms with Crippen LogP contribution in [0.3, 0.4) is 0 Å². The van der Waals surface area contributed by atoms with Gasteiger partial charge in [-0.1, -0.05) is 18.2 Å². The van der Waals surface area contributed by atoms with Crippen molar-refractivity contribution in [2.45, 2.75) is 13.8 Å². The molecule has 0 aliphatic heterocycles. The Kier molecular flexibility index (Phi) is 3.03. The molecule has 1 aromatic carbocycles. The highest BCUT2D eigenvalue weighted by Gasteiger charge is 2.15. The summed E-state index contributed by atoms with van der Waals surface area (Å²) in [5.41, 5.74) is 3.95. The fourth-order valence-electron chi connectivity index (χ4n) is 2.26. The molecule has 0 saturated carbocycles. The highest BCUT2D eigenvalue weighted by molar-refractivity contribution is 7.13. The zero-order valence-electron chi connectivity index (χ0n) is 11.2. The number of aryl methyl sites for hydroxylation is 2. The third kappa shape index (κ3) is 1.98. The van der Waals surface area contributed by atoms with Gasteiger partial charge in [0.1, 0.15) is 0 Å². The second-order valence-corrected chi connectivity index (χ2v) is 5.69. The van der Waals surface area contributed by atoms with Crippen LogP contribution in [0, 0.1) is 13.8 Å². The molecule has 2 aromatic heterocycles. The van der Waals surface area contributed by atoms with Crippen molar-refractivity contribution in [1.29, 1.82) is 0 Å². The summed E-state index contributed by atoms with van der Waals surface area (Å²) in [6.07, 6.45) is 0. The molecule has 0 aliphatic rings. The maximum atomic E-state index is 11.5. The molecule has 3 nitrogen and oxygen atoms in total. The molecule has 0 unspecified atom stereocenters. The Bertz CT molecular complexity index is 807. The van der Waals surface area contributed by atoms with Crippen LogP contribution >= 0.6 is 11.3 Å². The number of carboxylic acid groups (broad SMARTS) is 1. The van der Waals surface area contributed by atoms with Crippen LogP contribution in [0.5, 0.6) is 0 Å². The third-order valence-electron chi connectivity index (χ3n) is 3.51. The quantitative estimate of drug-likeness (QED) is 0.763. The van der Waals surface area contributed by atoms with E-state index in [1.807, 2.05) is 43.5 Å².